The lowest BCUT2D eigenvalue weighted by atomic mass is 10.1. The van der Waals surface area contributed by atoms with Crippen LogP contribution >= 0.6 is 15.9 Å². The molecule has 2 heteroatoms. The summed E-state index contributed by atoms with van der Waals surface area (Å²) >= 11 is 3.48. The molecule has 0 N–H and O–H groups in total. The molecule has 0 unspecified atom stereocenters. The van der Waals surface area contributed by atoms with Crippen molar-refractivity contribution < 1.29 is 0 Å². The van der Waals surface area contributed by atoms with Crippen molar-refractivity contribution in [1.29, 1.82) is 0 Å². The van der Waals surface area contributed by atoms with Crippen LogP contribution in [0.1, 0.15) is 18.1 Å². The molecule has 1 nitrogen and oxygen atoms in total. The van der Waals surface area contributed by atoms with Crippen LogP contribution in [0.2, 0.25) is 0 Å². The van der Waals surface area contributed by atoms with Gasteiger partial charge in [-0.25, -0.2) is 0 Å². The molecule has 94 valence electrons. The summed E-state index contributed by atoms with van der Waals surface area (Å²) in [6.45, 7) is 5.28. The predicted octanol–water partition coefficient (Wildman–Crippen LogP) is 5.05. The topological polar surface area (TPSA) is 3.24 Å². The number of rotatable bonds is 4. The fourth-order valence-electron chi connectivity index (χ4n) is 2.08. The second-order valence-electron chi connectivity index (χ2n) is 4.38. The monoisotopic (exact) mass is 303 g/mol. The van der Waals surface area contributed by atoms with Crippen LogP contribution in [0.25, 0.3) is 0 Å². The first kappa shape index (κ1) is 13.2. The van der Waals surface area contributed by atoms with Gasteiger partial charge in [-0.3, -0.25) is 0 Å². The molecule has 0 bridgehead atoms. The Morgan fingerprint density at radius 2 is 1.72 bits per heavy atom. The molecule has 0 saturated carbocycles. The highest BCUT2D eigenvalue weighted by molar-refractivity contribution is 9.08. The van der Waals surface area contributed by atoms with Crippen molar-refractivity contribution in [3.05, 3.63) is 59.7 Å². The summed E-state index contributed by atoms with van der Waals surface area (Å²) in [4.78, 5) is 2.32. The van der Waals surface area contributed by atoms with Gasteiger partial charge in [-0.2, -0.15) is 0 Å². The van der Waals surface area contributed by atoms with Crippen molar-refractivity contribution in [3.8, 4) is 0 Å². The van der Waals surface area contributed by atoms with E-state index >= 15 is 0 Å². The molecule has 0 fully saturated rings. The van der Waals surface area contributed by atoms with E-state index in [0.29, 0.717) is 0 Å². The van der Waals surface area contributed by atoms with Gasteiger partial charge in [0.2, 0.25) is 0 Å². The van der Waals surface area contributed by atoms with Gasteiger partial charge in [0.25, 0.3) is 0 Å². The van der Waals surface area contributed by atoms with E-state index < -0.39 is 0 Å². The van der Waals surface area contributed by atoms with Gasteiger partial charge in [0.1, 0.15) is 0 Å². The van der Waals surface area contributed by atoms with E-state index in [0.717, 1.165) is 11.9 Å². The molecule has 0 radical (unpaired) electrons. The van der Waals surface area contributed by atoms with Gasteiger partial charge in [0.15, 0.2) is 0 Å². The third kappa shape index (κ3) is 2.94. The van der Waals surface area contributed by atoms with Crippen molar-refractivity contribution in [1.82, 2.24) is 0 Å². The Hall–Kier alpha value is -1.28. The van der Waals surface area contributed by atoms with Gasteiger partial charge < -0.3 is 4.90 Å². The van der Waals surface area contributed by atoms with Gasteiger partial charge in [0, 0.05) is 23.2 Å². The average molecular weight is 304 g/mol. The molecule has 0 aliphatic heterocycles. The largest absolute Gasteiger partial charge is 0.342 e. The molecule has 0 heterocycles. The van der Waals surface area contributed by atoms with Crippen LogP contribution in [0, 0.1) is 6.92 Å². The average Bonchev–Trinajstić information content (AvgIpc) is 2.40. The third-order valence-electron chi connectivity index (χ3n) is 3.03. The van der Waals surface area contributed by atoms with Crippen molar-refractivity contribution in [2.45, 2.75) is 19.2 Å². The van der Waals surface area contributed by atoms with Gasteiger partial charge >= 0.3 is 0 Å². The highest BCUT2D eigenvalue weighted by atomic mass is 79.9. The van der Waals surface area contributed by atoms with Crippen molar-refractivity contribution >= 4 is 27.3 Å². The molecule has 0 amide bonds. The lowest BCUT2D eigenvalue weighted by Crippen LogP contribution is -2.15. The Morgan fingerprint density at radius 1 is 1.00 bits per heavy atom. The first-order chi connectivity index (χ1) is 8.74. The summed E-state index contributed by atoms with van der Waals surface area (Å²) in [7, 11) is 0. The SMILES string of the molecule is CCN(c1ccc(CBr)cc1)c1cccc(C)c1. The van der Waals surface area contributed by atoms with Crippen LogP contribution < -0.4 is 4.90 Å². The summed E-state index contributed by atoms with van der Waals surface area (Å²) in [5, 5.41) is 0.907. The van der Waals surface area contributed by atoms with E-state index in [2.05, 4.69) is 83.2 Å². The lowest BCUT2D eigenvalue weighted by molar-refractivity contribution is 1.02. The molecule has 0 spiro atoms. The summed E-state index contributed by atoms with van der Waals surface area (Å²) in [6, 6.07) is 17.3. The smallest absolute Gasteiger partial charge is 0.0413 e. The molecule has 18 heavy (non-hydrogen) atoms. The van der Waals surface area contributed by atoms with E-state index in [4.69, 9.17) is 0 Å². The van der Waals surface area contributed by atoms with Gasteiger partial charge in [-0.15, -0.1) is 0 Å². The highest BCUT2D eigenvalue weighted by Crippen LogP contribution is 2.26. The molecular weight excluding hydrogens is 286 g/mol. The van der Waals surface area contributed by atoms with Gasteiger partial charge in [-0.1, -0.05) is 40.2 Å². The van der Waals surface area contributed by atoms with Gasteiger partial charge in [-0.05, 0) is 49.2 Å². The normalized spacial score (nSPS) is 10.4. The van der Waals surface area contributed by atoms with Crippen LogP contribution in [0.3, 0.4) is 0 Å². The Morgan fingerprint density at radius 3 is 2.28 bits per heavy atom. The minimum atomic E-state index is 0.907. The van der Waals surface area contributed by atoms with E-state index in [1.54, 1.807) is 0 Å². The van der Waals surface area contributed by atoms with Gasteiger partial charge in [0.05, 0.1) is 0 Å². The molecule has 0 aliphatic carbocycles. The van der Waals surface area contributed by atoms with Crippen LogP contribution in [-0.2, 0) is 5.33 Å². The second-order valence-corrected chi connectivity index (χ2v) is 4.94. The van der Waals surface area contributed by atoms with Crippen molar-refractivity contribution in [3.63, 3.8) is 0 Å². The molecule has 0 aromatic heterocycles. The van der Waals surface area contributed by atoms with E-state index in [1.807, 2.05) is 0 Å². The van der Waals surface area contributed by atoms with Crippen LogP contribution in [0.15, 0.2) is 48.5 Å². The Bertz CT molecular complexity index is 505. The zero-order valence-corrected chi connectivity index (χ0v) is 12.4. The third-order valence-corrected chi connectivity index (χ3v) is 3.68. The van der Waals surface area contributed by atoms with E-state index in [-0.39, 0.29) is 0 Å². The molecular formula is C16H18BrN. The summed E-state index contributed by atoms with van der Waals surface area (Å²) in [5.74, 6) is 0. The minimum absolute atomic E-state index is 0.907. The van der Waals surface area contributed by atoms with Crippen molar-refractivity contribution in [2.24, 2.45) is 0 Å². The molecule has 0 saturated heterocycles. The number of nitrogens with zero attached hydrogens (tertiary/aromatic N) is 1. The fourth-order valence-corrected chi connectivity index (χ4v) is 2.45. The fraction of sp³-hybridized carbons (Fsp3) is 0.250. The summed E-state index contributed by atoms with van der Waals surface area (Å²) in [6.07, 6.45) is 0. The lowest BCUT2D eigenvalue weighted by Gasteiger charge is -2.24. The maximum absolute atomic E-state index is 3.48. The van der Waals surface area contributed by atoms with E-state index in [1.165, 1.54) is 22.5 Å². The second kappa shape index (κ2) is 6.05. The predicted molar refractivity (Wildman–Crippen MR) is 82.9 cm³/mol. The highest BCUT2D eigenvalue weighted by Gasteiger charge is 2.06. The molecule has 2 aromatic rings. The standard InChI is InChI=1S/C16H18BrN/c1-3-18(16-6-4-5-13(2)11-16)15-9-7-14(12-17)8-10-15/h4-11H,3,12H2,1-2H3. The number of hydrogen-bond acceptors (Lipinski definition) is 1. The molecule has 2 rings (SSSR count). The number of aryl methyl sites for hydroxylation is 1. The van der Waals surface area contributed by atoms with Crippen LogP contribution in [0.4, 0.5) is 11.4 Å². The minimum Gasteiger partial charge on any atom is -0.342 e. The summed E-state index contributed by atoms with van der Waals surface area (Å²) in [5.41, 5.74) is 5.10. The maximum atomic E-state index is 3.48. The Kier molecular flexibility index (Phi) is 4.43. The zero-order chi connectivity index (χ0) is 13.0. The van der Waals surface area contributed by atoms with Crippen molar-refractivity contribution in [2.75, 3.05) is 11.4 Å². The number of alkyl halides is 1. The number of halogens is 1. The number of benzene rings is 2. The molecule has 0 aliphatic rings. The first-order valence-electron chi connectivity index (χ1n) is 6.23. The van der Waals surface area contributed by atoms with Crippen LogP contribution in [-0.4, -0.2) is 6.54 Å². The zero-order valence-electron chi connectivity index (χ0n) is 10.9. The quantitative estimate of drug-likeness (QED) is 0.715. The van der Waals surface area contributed by atoms with E-state index in [9.17, 15) is 0 Å². The summed E-state index contributed by atoms with van der Waals surface area (Å²) < 4.78 is 0. The number of hydrogen-bond donors (Lipinski definition) is 0. The molecule has 2 aromatic carbocycles. The van der Waals surface area contributed by atoms with Crippen LogP contribution in [0.5, 0.6) is 0 Å². The number of anilines is 2. The molecule has 0 atom stereocenters. The Labute approximate surface area is 118 Å². The first-order valence-corrected chi connectivity index (χ1v) is 7.36. The maximum Gasteiger partial charge on any atom is 0.0413 e. The Balaban J connectivity index is 2.32.